The molecule has 1 atom stereocenters. The molecule has 120 valence electrons. The predicted octanol–water partition coefficient (Wildman–Crippen LogP) is 1.87. The number of nitrogens with zero attached hydrogens (tertiary/aromatic N) is 3. The average Bonchev–Trinajstić information content (AvgIpc) is 2.99. The van der Waals surface area contributed by atoms with E-state index in [1.807, 2.05) is 6.92 Å². The summed E-state index contributed by atoms with van der Waals surface area (Å²) in [6.07, 6.45) is 2.98. The van der Waals surface area contributed by atoms with Gasteiger partial charge in [0.2, 0.25) is 21.8 Å². The van der Waals surface area contributed by atoms with Crippen LogP contribution in [-0.2, 0) is 22.9 Å². The maximum Gasteiger partial charge on any atom is 0.216 e. The van der Waals surface area contributed by atoms with Crippen molar-refractivity contribution in [3.05, 3.63) is 11.8 Å². The van der Waals surface area contributed by atoms with E-state index in [1.165, 1.54) is 0 Å². The molecule has 1 aliphatic rings. The van der Waals surface area contributed by atoms with Gasteiger partial charge in [-0.3, -0.25) is 0 Å². The Morgan fingerprint density at radius 2 is 2.05 bits per heavy atom. The van der Waals surface area contributed by atoms with Gasteiger partial charge in [-0.25, -0.2) is 12.7 Å². The van der Waals surface area contributed by atoms with Crippen molar-refractivity contribution in [3.8, 4) is 0 Å². The Morgan fingerprint density at radius 3 is 2.71 bits per heavy atom. The van der Waals surface area contributed by atoms with Gasteiger partial charge < -0.3 is 4.42 Å². The van der Waals surface area contributed by atoms with Gasteiger partial charge in [0.05, 0.1) is 5.75 Å². The van der Waals surface area contributed by atoms with Crippen LogP contribution in [0, 0.1) is 11.8 Å². The molecule has 0 aliphatic carbocycles. The lowest BCUT2D eigenvalue weighted by Crippen LogP contribution is -2.31. The predicted molar refractivity (Wildman–Crippen MR) is 80.3 cm³/mol. The second kappa shape index (κ2) is 6.87. The Bertz CT molecular complexity index is 554. The molecule has 0 amide bonds. The molecule has 0 radical (unpaired) electrons. The van der Waals surface area contributed by atoms with Crippen molar-refractivity contribution < 1.29 is 12.8 Å². The van der Waals surface area contributed by atoms with E-state index in [1.54, 1.807) is 4.31 Å². The van der Waals surface area contributed by atoms with Gasteiger partial charge in [-0.2, -0.15) is 0 Å². The number of rotatable bonds is 7. The molecule has 1 aliphatic heterocycles. The maximum absolute atomic E-state index is 12.0. The Balaban J connectivity index is 1.89. The maximum atomic E-state index is 12.0. The molecule has 1 aromatic rings. The van der Waals surface area contributed by atoms with Crippen LogP contribution in [0.2, 0.25) is 0 Å². The van der Waals surface area contributed by atoms with Crippen LogP contribution in [0.5, 0.6) is 0 Å². The molecular weight excluding hydrogens is 290 g/mol. The van der Waals surface area contributed by atoms with Gasteiger partial charge in [-0.05, 0) is 24.7 Å². The fourth-order valence-corrected chi connectivity index (χ4v) is 4.25. The zero-order valence-electron chi connectivity index (χ0n) is 13.1. The lowest BCUT2D eigenvalue weighted by Gasteiger charge is -2.15. The van der Waals surface area contributed by atoms with Gasteiger partial charge in [0.15, 0.2) is 0 Å². The molecule has 6 nitrogen and oxygen atoms in total. The molecule has 1 fully saturated rings. The molecule has 0 spiro atoms. The van der Waals surface area contributed by atoms with Crippen LogP contribution in [0.3, 0.4) is 0 Å². The van der Waals surface area contributed by atoms with Crippen LogP contribution < -0.4 is 0 Å². The van der Waals surface area contributed by atoms with Crippen molar-refractivity contribution >= 4 is 10.0 Å². The number of hydrogen-bond donors (Lipinski definition) is 0. The highest BCUT2D eigenvalue weighted by Crippen LogP contribution is 2.23. The number of aromatic nitrogens is 2. The third-order valence-electron chi connectivity index (χ3n) is 3.66. The highest BCUT2D eigenvalue weighted by molar-refractivity contribution is 7.89. The Morgan fingerprint density at radius 1 is 1.33 bits per heavy atom. The highest BCUT2D eigenvalue weighted by Gasteiger charge is 2.31. The first-order valence-corrected chi connectivity index (χ1v) is 9.30. The third-order valence-corrected chi connectivity index (χ3v) is 5.70. The van der Waals surface area contributed by atoms with E-state index < -0.39 is 10.0 Å². The van der Waals surface area contributed by atoms with Crippen LogP contribution in [0.15, 0.2) is 4.42 Å². The fraction of sp³-hybridized carbons (Fsp3) is 0.857. The summed E-state index contributed by atoms with van der Waals surface area (Å²) in [6.45, 7) is 7.29. The molecule has 2 rings (SSSR count). The summed E-state index contributed by atoms with van der Waals surface area (Å²) in [5.41, 5.74) is 0. The standard InChI is InChI=1S/C14H25N3O3S/c1-4-7-21(18,19)17-6-5-12(10-17)9-14-16-15-13(20-14)8-11(2)3/h11-12H,4-10H2,1-3H3. The van der Waals surface area contributed by atoms with Crippen LogP contribution in [0.25, 0.3) is 0 Å². The summed E-state index contributed by atoms with van der Waals surface area (Å²) in [5.74, 6) is 2.31. The summed E-state index contributed by atoms with van der Waals surface area (Å²) in [5, 5.41) is 8.12. The van der Waals surface area contributed by atoms with E-state index in [2.05, 4.69) is 24.0 Å². The van der Waals surface area contributed by atoms with Crippen molar-refractivity contribution in [1.82, 2.24) is 14.5 Å². The lowest BCUT2D eigenvalue weighted by atomic mass is 10.1. The van der Waals surface area contributed by atoms with Crippen molar-refractivity contribution in [1.29, 1.82) is 0 Å². The van der Waals surface area contributed by atoms with Crippen LogP contribution in [0.4, 0.5) is 0 Å². The molecule has 1 unspecified atom stereocenters. The van der Waals surface area contributed by atoms with Crippen molar-refractivity contribution in [3.63, 3.8) is 0 Å². The summed E-state index contributed by atoms with van der Waals surface area (Å²) in [7, 11) is -3.08. The second-order valence-electron chi connectivity index (χ2n) is 6.22. The second-order valence-corrected chi connectivity index (χ2v) is 8.31. The van der Waals surface area contributed by atoms with Crippen molar-refractivity contribution in [2.24, 2.45) is 11.8 Å². The van der Waals surface area contributed by atoms with E-state index in [4.69, 9.17) is 4.42 Å². The first-order valence-electron chi connectivity index (χ1n) is 7.69. The van der Waals surface area contributed by atoms with E-state index >= 15 is 0 Å². The van der Waals surface area contributed by atoms with Gasteiger partial charge in [0, 0.05) is 25.9 Å². The zero-order chi connectivity index (χ0) is 15.5. The first kappa shape index (κ1) is 16.4. The van der Waals surface area contributed by atoms with Gasteiger partial charge in [0.25, 0.3) is 0 Å². The average molecular weight is 315 g/mol. The monoisotopic (exact) mass is 315 g/mol. The van der Waals surface area contributed by atoms with Crippen LogP contribution in [-0.4, -0.2) is 41.8 Å². The zero-order valence-corrected chi connectivity index (χ0v) is 13.9. The van der Waals surface area contributed by atoms with Crippen molar-refractivity contribution in [2.75, 3.05) is 18.8 Å². The smallest absolute Gasteiger partial charge is 0.216 e. The normalized spacial score (nSPS) is 20.5. The molecule has 0 aromatic carbocycles. The number of hydrogen-bond acceptors (Lipinski definition) is 5. The van der Waals surface area contributed by atoms with Crippen LogP contribution in [0.1, 0.15) is 45.4 Å². The Hall–Kier alpha value is -0.950. The van der Waals surface area contributed by atoms with Gasteiger partial charge in [-0.1, -0.05) is 20.8 Å². The van der Waals surface area contributed by atoms with E-state index in [9.17, 15) is 8.42 Å². The number of sulfonamides is 1. The molecule has 2 heterocycles. The minimum absolute atomic E-state index is 0.235. The van der Waals surface area contributed by atoms with E-state index in [0.717, 1.165) is 12.8 Å². The third kappa shape index (κ3) is 4.51. The van der Waals surface area contributed by atoms with E-state index in [0.29, 0.717) is 43.6 Å². The molecule has 1 aromatic heterocycles. The largest absolute Gasteiger partial charge is 0.425 e. The summed E-state index contributed by atoms with van der Waals surface area (Å²) >= 11 is 0. The van der Waals surface area contributed by atoms with Crippen molar-refractivity contribution in [2.45, 2.75) is 46.5 Å². The first-order chi connectivity index (χ1) is 9.90. The Labute approximate surface area is 127 Å². The minimum Gasteiger partial charge on any atom is -0.425 e. The van der Waals surface area contributed by atoms with Crippen LogP contribution >= 0.6 is 0 Å². The molecule has 0 N–H and O–H groups in total. The van der Waals surface area contributed by atoms with Gasteiger partial charge in [0.1, 0.15) is 0 Å². The fourth-order valence-electron chi connectivity index (χ4n) is 2.65. The summed E-state index contributed by atoms with van der Waals surface area (Å²) in [4.78, 5) is 0. The Kier molecular flexibility index (Phi) is 5.37. The SMILES string of the molecule is CCCS(=O)(=O)N1CCC(Cc2nnc(CC(C)C)o2)C1. The summed E-state index contributed by atoms with van der Waals surface area (Å²) in [6, 6.07) is 0. The molecule has 1 saturated heterocycles. The lowest BCUT2D eigenvalue weighted by molar-refractivity contribution is 0.391. The van der Waals surface area contributed by atoms with E-state index in [-0.39, 0.29) is 11.7 Å². The highest BCUT2D eigenvalue weighted by atomic mass is 32.2. The molecule has 7 heteroatoms. The minimum atomic E-state index is -3.08. The molecular formula is C14H25N3O3S. The molecule has 0 bridgehead atoms. The topological polar surface area (TPSA) is 76.3 Å². The van der Waals surface area contributed by atoms with Gasteiger partial charge in [-0.15, -0.1) is 10.2 Å². The quantitative estimate of drug-likeness (QED) is 0.768. The molecule has 0 saturated carbocycles. The van der Waals surface area contributed by atoms with Gasteiger partial charge >= 0.3 is 0 Å². The molecule has 21 heavy (non-hydrogen) atoms. The summed E-state index contributed by atoms with van der Waals surface area (Å²) < 4.78 is 31.3.